The third-order valence-corrected chi connectivity index (χ3v) is 6.20. The number of pyridine rings is 1. The van der Waals surface area contributed by atoms with E-state index in [0.29, 0.717) is 23.4 Å². The number of benzene rings is 1. The van der Waals surface area contributed by atoms with E-state index >= 15 is 0 Å². The van der Waals surface area contributed by atoms with Crippen LogP contribution < -0.4 is 5.56 Å². The quantitative estimate of drug-likeness (QED) is 0.452. The molecule has 0 aliphatic carbocycles. The summed E-state index contributed by atoms with van der Waals surface area (Å²) in [6, 6.07) is 6.95. The molecule has 2 aromatic heterocycles. The van der Waals surface area contributed by atoms with Gasteiger partial charge in [-0.05, 0) is 25.1 Å². The van der Waals surface area contributed by atoms with Crippen molar-refractivity contribution in [3.05, 3.63) is 62.8 Å². The molecular formula is C17H19N5O5S. The Balaban J connectivity index is 2.11. The number of hydrogen-bond donors (Lipinski definition) is 0. The van der Waals surface area contributed by atoms with E-state index in [-0.39, 0.29) is 17.1 Å². The molecule has 148 valence electrons. The molecule has 0 radical (unpaired) electrons. The van der Waals surface area contributed by atoms with Gasteiger partial charge in [0.2, 0.25) is 10.0 Å². The normalized spacial score (nSPS) is 12.0. The number of fused-ring (bicyclic) bond motifs is 1. The van der Waals surface area contributed by atoms with Crippen LogP contribution in [0.3, 0.4) is 0 Å². The maximum atomic E-state index is 12.4. The average molecular weight is 405 g/mol. The van der Waals surface area contributed by atoms with E-state index in [1.807, 2.05) is 11.5 Å². The maximum Gasteiger partial charge on any atom is 0.285 e. The lowest BCUT2D eigenvalue weighted by atomic mass is 10.3. The molecule has 28 heavy (non-hydrogen) atoms. The van der Waals surface area contributed by atoms with Crippen LogP contribution in [0, 0.1) is 10.1 Å². The number of rotatable bonds is 6. The number of imidazole rings is 1. The molecule has 0 N–H and O–H groups in total. The molecule has 2 heterocycles. The van der Waals surface area contributed by atoms with Crippen LogP contribution in [0.2, 0.25) is 0 Å². The highest BCUT2D eigenvalue weighted by Gasteiger charge is 2.20. The van der Waals surface area contributed by atoms with Crippen molar-refractivity contribution in [2.45, 2.75) is 24.9 Å². The highest BCUT2D eigenvalue weighted by atomic mass is 32.2. The zero-order valence-electron chi connectivity index (χ0n) is 15.6. The SMILES string of the molecule is CCn1c(Cn2cc([N+](=O)[O-])ccc2=O)nc2cc(S(=O)(=O)N(C)C)ccc21. The predicted molar refractivity (Wildman–Crippen MR) is 103 cm³/mol. The topological polar surface area (TPSA) is 120 Å². The fourth-order valence-corrected chi connectivity index (χ4v) is 3.83. The van der Waals surface area contributed by atoms with Gasteiger partial charge < -0.3 is 9.13 Å². The Labute approximate surface area is 160 Å². The molecule has 11 heteroatoms. The zero-order valence-corrected chi connectivity index (χ0v) is 16.4. The van der Waals surface area contributed by atoms with Gasteiger partial charge >= 0.3 is 0 Å². The van der Waals surface area contributed by atoms with Gasteiger partial charge in [-0.1, -0.05) is 0 Å². The Kier molecular flexibility index (Phi) is 5.04. The van der Waals surface area contributed by atoms with Gasteiger partial charge in [0.15, 0.2) is 0 Å². The van der Waals surface area contributed by atoms with Crippen LogP contribution in [0.4, 0.5) is 5.69 Å². The molecule has 0 fully saturated rings. The summed E-state index contributed by atoms with van der Waals surface area (Å²) in [5, 5.41) is 11.0. The second-order valence-electron chi connectivity index (χ2n) is 6.32. The number of aromatic nitrogens is 3. The van der Waals surface area contributed by atoms with Gasteiger partial charge in [0.1, 0.15) is 5.82 Å². The minimum Gasteiger partial charge on any atom is -0.327 e. The van der Waals surface area contributed by atoms with Gasteiger partial charge in [-0.25, -0.2) is 17.7 Å². The molecule has 10 nitrogen and oxygen atoms in total. The largest absolute Gasteiger partial charge is 0.327 e. The smallest absolute Gasteiger partial charge is 0.285 e. The van der Waals surface area contributed by atoms with E-state index in [0.717, 1.165) is 16.4 Å². The van der Waals surface area contributed by atoms with Crippen molar-refractivity contribution in [1.29, 1.82) is 0 Å². The van der Waals surface area contributed by atoms with E-state index in [1.165, 1.54) is 37.0 Å². The zero-order chi connectivity index (χ0) is 20.6. The molecule has 0 unspecified atom stereocenters. The number of aryl methyl sites for hydroxylation is 1. The molecule has 0 amide bonds. The van der Waals surface area contributed by atoms with Crippen molar-refractivity contribution in [3.63, 3.8) is 0 Å². The van der Waals surface area contributed by atoms with Crippen molar-refractivity contribution in [2.24, 2.45) is 0 Å². The first-order chi connectivity index (χ1) is 13.1. The summed E-state index contributed by atoms with van der Waals surface area (Å²) in [5.41, 5.74) is 0.598. The molecule has 0 atom stereocenters. The Morgan fingerprint density at radius 3 is 2.54 bits per heavy atom. The van der Waals surface area contributed by atoms with Gasteiger partial charge in [-0.2, -0.15) is 0 Å². The van der Waals surface area contributed by atoms with E-state index in [9.17, 15) is 23.3 Å². The lowest BCUT2D eigenvalue weighted by Crippen LogP contribution is -2.22. The molecule has 0 saturated carbocycles. The van der Waals surface area contributed by atoms with Gasteiger partial charge in [-0.15, -0.1) is 0 Å². The molecule has 0 aliphatic heterocycles. The number of nitro groups is 1. The Morgan fingerprint density at radius 2 is 1.93 bits per heavy atom. The second-order valence-corrected chi connectivity index (χ2v) is 8.47. The van der Waals surface area contributed by atoms with E-state index in [4.69, 9.17) is 0 Å². The summed E-state index contributed by atoms with van der Waals surface area (Å²) in [5.74, 6) is 0.500. The van der Waals surface area contributed by atoms with Gasteiger partial charge in [0.05, 0.1) is 33.6 Å². The van der Waals surface area contributed by atoms with Crippen LogP contribution >= 0.6 is 0 Å². The monoisotopic (exact) mass is 405 g/mol. The van der Waals surface area contributed by atoms with Crippen LogP contribution in [0.15, 0.2) is 46.2 Å². The standard InChI is InChI=1S/C17H19N5O5S/c1-4-21-15-7-6-13(28(26,27)19(2)3)9-14(15)18-16(21)11-20-10-12(22(24)25)5-8-17(20)23/h5-10H,4,11H2,1-3H3. The molecule has 3 aromatic rings. The fourth-order valence-electron chi connectivity index (χ4n) is 2.91. The van der Waals surface area contributed by atoms with Crippen LogP contribution in [0.25, 0.3) is 11.0 Å². The Bertz CT molecular complexity index is 1230. The highest BCUT2D eigenvalue weighted by molar-refractivity contribution is 7.89. The predicted octanol–water partition coefficient (Wildman–Crippen LogP) is 1.42. The van der Waals surface area contributed by atoms with Crippen molar-refractivity contribution >= 4 is 26.7 Å². The summed E-state index contributed by atoms with van der Waals surface area (Å²) in [6.45, 7) is 2.46. The van der Waals surface area contributed by atoms with Gasteiger partial charge in [-0.3, -0.25) is 14.9 Å². The molecule has 1 aromatic carbocycles. The minimum atomic E-state index is -3.61. The first kappa shape index (κ1) is 19.7. The van der Waals surface area contributed by atoms with Gasteiger partial charge in [0.25, 0.3) is 11.2 Å². The van der Waals surface area contributed by atoms with Crippen molar-refractivity contribution in [1.82, 2.24) is 18.4 Å². The van der Waals surface area contributed by atoms with Crippen molar-refractivity contribution in [3.8, 4) is 0 Å². The summed E-state index contributed by atoms with van der Waals surface area (Å²) < 4.78 is 28.9. The van der Waals surface area contributed by atoms with Crippen LogP contribution in [0.5, 0.6) is 0 Å². The third-order valence-electron chi connectivity index (χ3n) is 4.38. The molecular weight excluding hydrogens is 386 g/mol. The van der Waals surface area contributed by atoms with Gasteiger partial charge in [0, 0.05) is 32.8 Å². The highest BCUT2D eigenvalue weighted by Crippen LogP contribution is 2.22. The van der Waals surface area contributed by atoms with Crippen molar-refractivity contribution < 1.29 is 13.3 Å². The fraction of sp³-hybridized carbons (Fsp3) is 0.294. The summed E-state index contributed by atoms with van der Waals surface area (Å²) in [4.78, 5) is 27.1. The first-order valence-electron chi connectivity index (χ1n) is 8.41. The van der Waals surface area contributed by atoms with E-state index < -0.39 is 20.5 Å². The Morgan fingerprint density at radius 1 is 1.21 bits per heavy atom. The molecule has 0 bridgehead atoms. The first-order valence-corrected chi connectivity index (χ1v) is 9.85. The molecule has 0 aliphatic rings. The second kappa shape index (κ2) is 7.17. The van der Waals surface area contributed by atoms with Crippen LogP contribution in [-0.2, 0) is 23.1 Å². The number of hydrogen-bond acceptors (Lipinski definition) is 6. The third kappa shape index (κ3) is 3.41. The molecule has 0 saturated heterocycles. The molecule has 3 rings (SSSR count). The van der Waals surface area contributed by atoms with E-state index in [2.05, 4.69) is 4.98 Å². The van der Waals surface area contributed by atoms with Crippen molar-refractivity contribution in [2.75, 3.05) is 14.1 Å². The lowest BCUT2D eigenvalue weighted by Gasteiger charge is -2.11. The van der Waals surface area contributed by atoms with E-state index in [1.54, 1.807) is 6.07 Å². The Hall–Kier alpha value is -3.05. The lowest BCUT2D eigenvalue weighted by molar-refractivity contribution is -0.385. The molecule has 0 spiro atoms. The average Bonchev–Trinajstić information content (AvgIpc) is 2.99. The summed E-state index contributed by atoms with van der Waals surface area (Å²) in [7, 11) is -0.708. The summed E-state index contributed by atoms with van der Waals surface area (Å²) >= 11 is 0. The van der Waals surface area contributed by atoms with Crippen LogP contribution in [0.1, 0.15) is 12.7 Å². The number of nitrogens with zero attached hydrogens (tertiary/aromatic N) is 5. The minimum absolute atomic E-state index is 0.0266. The summed E-state index contributed by atoms with van der Waals surface area (Å²) in [6.07, 6.45) is 1.17. The maximum absolute atomic E-state index is 12.4. The number of sulfonamides is 1. The van der Waals surface area contributed by atoms with Crippen LogP contribution in [-0.4, -0.2) is 45.9 Å².